The molecule has 1 unspecified atom stereocenters. The maximum absolute atomic E-state index is 5.88. The molecule has 1 aromatic carbocycles. The van der Waals surface area contributed by atoms with E-state index in [9.17, 15) is 0 Å². The van der Waals surface area contributed by atoms with Gasteiger partial charge in [0.15, 0.2) is 0 Å². The van der Waals surface area contributed by atoms with Crippen LogP contribution in [0.1, 0.15) is 43.9 Å². The van der Waals surface area contributed by atoms with Gasteiger partial charge in [0.05, 0.1) is 18.4 Å². The van der Waals surface area contributed by atoms with Crippen molar-refractivity contribution in [3.05, 3.63) is 52.9 Å². The van der Waals surface area contributed by atoms with Gasteiger partial charge in [0, 0.05) is 0 Å². The van der Waals surface area contributed by atoms with Crippen LogP contribution >= 0.6 is 11.6 Å². The van der Waals surface area contributed by atoms with Crippen LogP contribution in [0.4, 0.5) is 5.82 Å². The number of hydrogen-bond acceptors (Lipinski definition) is 3. The van der Waals surface area contributed by atoms with Gasteiger partial charge in [-0.15, -0.1) is 0 Å². The summed E-state index contributed by atoms with van der Waals surface area (Å²) in [7, 11) is 0. The molecule has 1 heterocycles. The summed E-state index contributed by atoms with van der Waals surface area (Å²) in [6.07, 6.45) is 6.44. The third-order valence-electron chi connectivity index (χ3n) is 3.29. The summed E-state index contributed by atoms with van der Waals surface area (Å²) in [4.78, 5) is 8.31. The Kier molecular flexibility index (Phi) is 5.36. The Morgan fingerprint density at radius 2 is 1.90 bits per heavy atom. The fourth-order valence-electron chi connectivity index (χ4n) is 2.19. The molecule has 2 aromatic rings. The van der Waals surface area contributed by atoms with Crippen LogP contribution in [0.25, 0.3) is 0 Å². The van der Waals surface area contributed by atoms with Gasteiger partial charge in [-0.25, -0.2) is 4.98 Å². The fourth-order valence-corrected chi connectivity index (χ4v) is 2.33. The maximum atomic E-state index is 5.88. The molecule has 4 heteroatoms. The molecule has 0 saturated heterocycles. The molecule has 0 fully saturated rings. The van der Waals surface area contributed by atoms with Crippen LogP contribution in [0.2, 0.25) is 5.15 Å². The van der Waals surface area contributed by atoms with E-state index in [1.54, 1.807) is 6.20 Å². The number of halogens is 1. The minimum Gasteiger partial charge on any atom is -0.362 e. The molecule has 1 aromatic heterocycles. The van der Waals surface area contributed by atoms with Crippen molar-refractivity contribution < 1.29 is 0 Å². The van der Waals surface area contributed by atoms with Crippen LogP contribution in [-0.4, -0.2) is 9.97 Å². The second kappa shape index (κ2) is 7.25. The predicted octanol–water partition coefficient (Wildman–Crippen LogP) is 4.65. The number of hydrogen-bond donors (Lipinski definition) is 1. The van der Waals surface area contributed by atoms with E-state index in [0.717, 1.165) is 25.1 Å². The Bertz CT molecular complexity index is 540. The number of benzene rings is 1. The first-order chi connectivity index (χ1) is 9.72. The summed E-state index contributed by atoms with van der Waals surface area (Å²) in [5.74, 6) is 0.718. The first kappa shape index (κ1) is 14.8. The molecule has 3 nitrogen and oxygen atoms in total. The highest BCUT2D eigenvalue weighted by atomic mass is 35.5. The third kappa shape index (κ3) is 3.94. The first-order valence-electron chi connectivity index (χ1n) is 7.05. The lowest BCUT2D eigenvalue weighted by atomic mass is 10.0. The molecule has 0 saturated carbocycles. The van der Waals surface area contributed by atoms with Gasteiger partial charge < -0.3 is 5.32 Å². The van der Waals surface area contributed by atoms with Crippen LogP contribution in [0, 0.1) is 0 Å². The molecule has 0 amide bonds. The van der Waals surface area contributed by atoms with Gasteiger partial charge in [0.1, 0.15) is 11.0 Å². The summed E-state index contributed by atoms with van der Waals surface area (Å²) < 4.78 is 0. The van der Waals surface area contributed by atoms with Gasteiger partial charge in [0.25, 0.3) is 0 Å². The molecule has 0 spiro atoms. The molecule has 1 atom stereocenters. The van der Waals surface area contributed by atoms with Crippen molar-refractivity contribution in [1.82, 2.24) is 9.97 Å². The van der Waals surface area contributed by atoms with Crippen LogP contribution in [0.5, 0.6) is 0 Å². The van der Waals surface area contributed by atoms with Crippen molar-refractivity contribution in [2.75, 3.05) is 5.32 Å². The predicted molar refractivity (Wildman–Crippen MR) is 84.1 cm³/mol. The molecule has 1 N–H and O–H groups in total. The molecule has 2 rings (SSSR count). The van der Waals surface area contributed by atoms with Crippen LogP contribution in [0.15, 0.2) is 36.7 Å². The monoisotopic (exact) mass is 289 g/mol. The van der Waals surface area contributed by atoms with E-state index < -0.39 is 0 Å². The van der Waals surface area contributed by atoms with Crippen molar-refractivity contribution in [2.24, 2.45) is 0 Å². The molecule has 0 aliphatic rings. The third-order valence-corrected chi connectivity index (χ3v) is 3.48. The normalized spacial score (nSPS) is 12.2. The standard InChI is InChI=1S/C16H20ClN3/c1-3-5-14(13-8-6-12(4-2)7-9-13)19-16-11-18-10-15(17)20-16/h6-11,14H,3-5H2,1-2H3,(H,19,20). The second-order valence-electron chi connectivity index (χ2n) is 4.81. The largest absolute Gasteiger partial charge is 0.362 e. The Labute approximate surface area is 125 Å². The summed E-state index contributed by atoms with van der Waals surface area (Å²) in [6, 6.07) is 8.97. The smallest absolute Gasteiger partial charge is 0.149 e. The Morgan fingerprint density at radius 3 is 2.50 bits per heavy atom. The van der Waals surface area contributed by atoms with E-state index >= 15 is 0 Å². The zero-order chi connectivity index (χ0) is 14.4. The van der Waals surface area contributed by atoms with Crippen molar-refractivity contribution >= 4 is 17.4 Å². The average Bonchev–Trinajstić information content (AvgIpc) is 2.47. The highest BCUT2D eigenvalue weighted by Crippen LogP contribution is 2.23. The Hall–Kier alpha value is -1.61. The quantitative estimate of drug-likeness (QED) is 0.841. The van der Waals surface area contributed by atoms with Crippen molar-refractivity contribution in [3.63, 3.8) is 0 Å². The van der Waals surface area contributed by atoms with Gasteiger partial charge in [-0.3, -0.25) is 4.98 Å². The number of anilines is 1. The van der Waals surface area contributed by atoms with Gasteiger partial charge in [-0.1, -0.05) is 56.1 Å². The summed E-state index contributed by atoms with van der Waals surface area (Å²) >= 11 is 5.88. The van der Waals surface area contributed by atoms with E-state index in [2.05, 4.69) is 53.4 Å². The van der Waals surface area contributed by atoms with Crippen LogP contribution in [0.3, 0.4) is 0 Å². The van der Waals surface area contributed by atoms with E-state index in [1.807, 2.05) is 0 Å². The zero-order valence-electron chi connectivity index (χ0n) is 11.9. The molecule has 0 aliphatic carbocycles. The van der Waals surface area contributed by atoms with Crippen LogP contribution < -0.4 is 5.32 Å². The number of aromatic nitrogens is 2. The molecular weight excluding hydrogens is 270 g/mol. The van der Waals surface area contributed by atoms with Crippen LogP contribution in [-0.2, 0) is 6.42 Å². The molecular formula is C16H20ClN3. The fraction of sp³-hybridized carbons (Fsp3) is 0.375. The summed E-state index contributed by atoms with van der Waals surface area (Å²) in [5.41, 5.74) is 2.62. The molecule has 0 aliphatic heterocycles. The zero-order valence-corrected chi connectivity index (χ0v) is 12.7. The summed E-state index contributed by atoms with van der Waals surface area (Å²) in [6.45, 7) is 4.34. The van der Waals surface area contributed by atoms with Gasteiger partial charge in [0.2, 0.25) is 0 Å². The highest BCUT2D eigenvalue weighted by molar-refractivity contribution is 6.29. The number of nitrogens with zero attached hydrogens (tertiary/aromatic N) is 2. The lowest BCUT2D eigenvalue weighted by Gasteiger charge is -2.19. The SMILES string of the molecule is CCCC(Nc1cncc(Cl)n1)c1ccc(CC)cc1. The summed E-state index contributed by atoms with van der Waals surface area (Å²) in [5, 5.41) is 3.83. The molecule has 0 radical (unpaired) electrons. The average molecular weight is 290 g/mol. The van der Waals surface area contributed by atoms with E-state index in [0.29, 0.717) is 5.15 Å². The maximum Gasteiger partial charge on any atom is 0.149 e. The Morgan fingerprint density at radius 1 is 1.15 bits per heavy atom. The number of rotatable bonds is 6. The number of aryl methyl sites for hydroxylation is 1. The lowest BCUT2D eigenvalue weighted by molar-refractivity contribution is 0.674. The number of nitrogens with one attached hydrogen (secondary N) is 1. The molecule has 0 bridgehead atoms. The van der Waals surface area contributed by atoms with Gasteiger partial charge in [-0.2, -0.15) is 0 Å². The molecule has 20 heavy (non-hydrogen) atoms. The van der Waals surface area contributed by atoms with Crippen molar-refractivity contribution in [1.29, 1.82) is 0 Å². The second-order valence-corrected chi connectivity index (χ2v) is 5.20. The van der Waals surface area contributed by atoms with E-state index in [1.165, 1.54) is 17.3 Å². The van der Waals surface area contributed by atoms with E-state index in [-0.39, 0.29) is 6.04 Å². The first-order valence-corrected chi connectivity index (χ1v) is 7.43. The Balaban J connectivity index is 2.17. The van der Waals surface area contributed by atoms with Crippen molar-refractivity contribution in [2.45, 2.75) is 39.2 Å². The molecule has 106 valence electrons. The minimum atomic E-state index is 0.235. The van der Waals surface area contributed by atoms with E-state index in [4.69, 9.17) is 11.6 Å². The minimum absolute atomic E-state index is 0.235. The van der Waals surface area contributed by atoms with Gasteiger partial charge >= 0.3 is 0 Å². The van der Waals surface area contributed by atoms with Gasteiger partial charge in [-0.05, 0) is 24.0 Å². The topological polar surface area (TPSA) is 37.8 Å². The van der Waals surface area contributed by atoms with Crippen molar-refractivity contribution in [3.8, 4) is 0 Å². The lowest BCUT2D eigenvalue weighted by Crippen LogP contribution is -2.12. The highest BCUT2D eigenvalue weighted by Gasteiger charge is 2.11.